The van der Waals surface area contributed by atoms with Crippen LogP contribution in [0.3, 0.4) is 0 Å². The molecule has 2 N–H and O–H groups in total. The third-order valence-corrected chi connectivity index (χ3v) is 3.30. The second-order valence-electron chi connectivity index (χ2n) is 4.91. The Labute approximate surface area is 133 Å². The molecule has 0 atom stereocenters. The van der Waals surface area contributed by atoms with Crippen LogP contribution in [0.25, 0.3) is 5.69 Å². The van der Waals surface area contributed by atoms with Crippen molar-refractivity contribution in [2.75, 3.05) is 10.6 Å². The van der Waals surface area contributed by atoms with E-state index >= 15 is 0 Å². The van der Waals surface area contributed by atoms with Crippen molar-refractivity contribution in [2.24, 2.45) is 0 Å². The number of benzene rings is 2. The van der Waals surface area contributed by atoms with E-state index in [2.05, 4.69) is 10.6 Å². The summed E-state index contributed by atoms with van der Waals surface area (Å²) < 4.78 is 1.99. The SMILES string of the molecule is N#Cc1ccc(NC(=O)Nc2ccc(-n3cccc3)cc2)cc1. The molecule has 0 spiro atoms. The molecule has 1 aromatic heterocycles. The highest BCUT2D eigenvalue weighted by molar-refractivity contribution is 5.99. The fourth-order valence-corrected chi connectivity index (χ4v) is 2.15. The fourth-order valence-electron chi connectivity index (χ4n) is 2.15. The summed E-state index contributed by atoms with van der Waals surface area (Å²) in [5, 5.41) is 14.2. The van der Waals surface area contributed by atoms with Crippen LogP contribution in [0, 0.1) is 11.3 Å². The van der Waals surface area contributed by atoms with E-state index in [-0.39, 0.29) is 6.03 Å². The molecule has 3 rings (SSSR count). The van der Waals surface area contributed by atoms with Gasteiger partial charge in [0.15, 0.2) is 0 Å². The lowest BCUT2D eigenvalue weighted by atomic mass is 10.2. The molecular weight excluding hydrogens is 288 g/mol. The summed E-state index contributed by atoms with van der Waals surface area (Å²) in [6.07, 6.45) is 3.92. The zero-order valence-electron chi connectivity index (χ0n) is 12.2. The minimum absolute atomic E-state index is 0.330. The van der Waals surface area contributed by atoms with Gasteiger partial charge in [-0.25, -0.2) is 4.79 Å². The van der Waals surface area contributed by atoms with Crippen LogP contribution in [-0.2, 0) is 0 Å². The lowest BCUT2D eigenvalue weighted by Gasteiger charge is -2.09. The molecule has 0 aliphatic carbocycles. The minimum Gasteiger partial charge on any atom is -0.324 e. The smallest absolute Gasteiger partial charge is 0.323 e. The molecule has 112 valence electrons. The number of carbonyl (C=O) groups excluding carboxylic acids is 1. The van der Waals surface area contributed by atoms with Gasteiger partial charge in [0.2, 0.25) is 0 Å². The Kier molecular flexibility index (Phi) is 4.07. The first-order valence-electron chi connectivity index (χ1n) is 7.06. The summed E-state index contributed by atoms with van der Waals surface area (Å²) in [5.41, 5.74) is 2.90. The third kappa shape index (κ3) is 3.57. The van der Waals surface area contributed by atoms with Crippen LogP contribution in [0.4, 0.5) is 16.2 Å². The second kappa shape index (κ2) is 6.50. The van der Waals surface area contributed by atoms with Crippen LogP contribution in [0.15, 0.2) is 73.1 Å². The number of rotatable bonds is 3. The maximum Gasteiger partial charge on any atom is 0.323 e. The largest absolute Gasteiger partial charge is 0.324 e. The van der Waals surface area contributed by atoms with Gasteiger partial charge in [0, 0.05) is 29.5 Å². The highest BCUT2D eigenvalue weighted by Gasteiger charge is 2.03. The Morgan fingerprint density at radius 3 is 1.91 bits per heavy atom. The molecule has 0 saturated carbocycles. The number of amides is 2. The van der Waals surface area contributed by atoms with Gasteiger partial charge in [-0.2, -0.15) is 5.26 Å². The molecule has 0 aliphatic heterocycles. The molecule has 0 bridgehead atoms. The Hall–Kier alpha value is -3.52. The Balaban J connectivity index is 1.62. The quantitative estimate of drug-likeness (QED) is 0.768. The zero-order chi connectivity index (χ0) is 16.1. The molecule has 5 heteroatoms. The first-order chi connectivity index (χ1) is 11.2. The summed E-state index contributed by atoms with van der Waals surface area (Å²) >= 11 is 0. The molecule has 2 amide bonds. The monoisotopic (exact) mass is 302 g/mol. The van der Waals surface area contributed by atoms with Gasteiger partial charge in [0.25, 0.3) is 0 Å². The number of nitrogens with zero attached hydrogens (tertiary/aromatic N) is 2. The Bertz CT molecular complexity index is 828. The van der Waals surface area contributed by atoms with E-state index in [1.54, 1.807) is 24.3 Å². The molecule has 1 heterocycles. The lowest BCUT2D eigenvalue weighted by molar-refractivity contribution is 0.262. The van der Waals surface area contributed by atoms with E-state index in [0.717, 1.165) is 5.69 Å². The fraction of sp³-hybridized carbons (Fsp3) is 0. The molecule has 3 aromatic rings. The maximum atomic E-state index is 12.0. The Morgan fingerprint density at radius 1 is 0.870 bits per heavy atom. The molecule has 0 radical (unpaired) electrons. The average molecular weight is 302 g/mol. The number of hydrogen-bond donors (Lipinski definition) is 2. The van der Waals surface area contributed by atoms with Gasteiger partial charge in [-0.3, -0.25) is 0 Å². The van der Waals surface area contributed by atoms with Gasteiger partial charge in [0.1, 0.15) is 0 Å². The molecule has 0 unspecified atom stereocenters. The van der Waals surface area contributed by atoms with E-state index in [1.807, 2.05) is 59.4 Å². The predicted molar refractivity (Wildman–Crippen MR) is 89.6 cm³/mol. The highest BCUT2D eigenvalue weighted by Crippen LogP contribution is 2.14. The van der Waals surface area contributed by atoms with E-state index < -0.39 is 0 Å². The summed E-state index contributed by atoms with van der Waals surface area (Å²) in [4.78, 5) is 12.0. The third-order valence-electron chi connectivity index (χ3n) is 3.30. The summed E-state index contributed by atoms with van der Waals surface area (Å²) in [5.74, 6) is 0. The standard InChI is InChI=1S/C18H14N4O/c19-13-14-3-5-15(6-4-14)20-18(23)21-16-7-9-17(10-8-16)22-11-1-2-12-22/h1-12H,(H2,20,21,23). The summed E-state index contributed by atoms with van der Waals surface area (Å²) in [6, 6.07) is 19.8. The molecule has 23 heavy (non-hydrogen) atoms. The first kappa shape index (κ1) is 14.4. The van der Waals surface area contributed by atoms with Gasteiger partial charge in [-0.15, -0.1) is 0 Å². The second-order valence-corrected chi connectivity index (χ2v) is 4.91. The number of nitriles is 1. The molecular formula is C18H14N4O. The van der Waals surface area contributed by atoms with Crippen molar-refractivity contribution in [2.45, 2.75) is 0 Å². The Morgan fingerprint density at radius 2 is 1.39 bits per heavy atom. The van der Waals surface area contributed by atoms with E-state index in [0.29, 0.717) is 16.9 Å². The topological polar surface area (TPSA) is 69.8 Å². The van der Waals surface area contributed by atoms with Crippen LogP contribution >= 0.6 is 0 Å². The summed E-state index contributed by atoms with van der Waals surface area (Å²) in [7, 11) is 0. The van der Waals surface area contributed by atoms with Crippen molar-refractivity contribution >= 4 is 17.4 Å². The molecule has 5 nitrogen and oxygen atoms in total. The van der Waals surface area contributed by atoms with Gasteiger partial charge >= 0.3 is 6.03 Å². The van der Waals surface area contributed by atoms with Crippen molar-refractivity contribution in [1.29, 1.82) is 5.26 Å². The van der Waals surface area contributed by atoms with Crippen molar-refractivity contribution in [3.8, 4) is 11.8 Å². The number of nitrogens with one attached hydrogen (secondary N) is 2. The molecule has 2 aromatic carbocycles. The molecule has 0 saturated heterocycles. The number of anilines is 2. The van der Waals surface area contributed by atoms with Gasteiger partial charge in [-0.05, 0) is 60.7 Å². The van der Waals surface area contributed by atoms with Crippen LogP contribution < -0.4 is 10.6 Å². The van der Waals surface area contributed by atoms with E-state index in [9.17, 15) is 4.79 Å². The van der Waals surface area contributed by atoms with Crippen molar-refractivity contribution in [3.63, 3.8) is 0 Å². The first-order valence-corrected chi connectivity index (χ1v) is 7.06. The minimum atomic E-state index is -0.330. The highest BCUT2D eigenvalue weighted by atomic mass is 16.2. The number of urea groups is 1. The van der Waals surface area contributed by atoms with Gasteiger partial charge < -0.3 is 15.2 Å². The zero-order valence-corrected chi connectivity index (χ0v) is 12.2. The number of hydrogen-bond acceptors (Lipinski definition) is 2. The number of aromatic nitrogens is 1. The lowest BCUT2D eigenvalue weighted by Crippen LogP contribution is -2.19. The van der Waals surface area contributed by atoms with Crippen molar-refractivity contribution < 1.29 is 4.79 Å². The molecule has 0 aliphatic rings. The average Bonchev–Trinajstić information content (AvgIpc) is 3.11. The van der Waals surface area contributed by atoms with E-state index in [1.165, 1.54) is 0 Å². The van der Waals surface area contributed by atoms with Crippen LogP contribution in [0.1, 0.15) is 5.56 Å². The molecule has 0 fully saturated rings. The van der Waals surface area contributed by atoms with Crippen molar-refractivity contribution in [3.05, 3.63) is 78.6 Å². The maximum absolute atomic E-state index is 12.0. The van der Waals surface area contributed by atoms with Crippen LogP contribution in [0.5, 0.6) is 0 Å². The summed E-state index contributed by atoms with van der Waals surface area (Å²) in [6.45, 7) is 0. The van der Waals surface area contributed by atoms with Crippen LogP contribution in [0.2, 0.25) is 0 Å². The normalized spacial score (nSPS) is 9.87. The predicted octanol–water partition coefficient (Wildman–Crippen LogP) is 3.99. The van der Waals surface area contributed by atoms with Gasteiger partial charge in [-0.1, -0.05) is 0 Å². The number of carbonyl (C=O) groups is 1. The van der Waals surface area contributed by atoms with E-state index in [4.69, 9.17) is 5.26 Å². The van der Waals surface area contributed by atoms with Crippen molar-refractivity contribution in [1.82, 2.24) is 4.57 Å². The van der Waals surface area contributed by atoms with Gasteiger partial charge in [0.05, 0.1) is 11.6 Å². The van der Waals surface area contributed by atoms with Crippen LogP contribution in [-0.4, -0.2) is 10.6 Å².